The van der Waals surface area contributed by atoms with Crippen molar-refractivity contribution < 1.29 is 18.0 Å². The molecule has 0 aliphatic carbocycles. The first kappa shape index (κ1) is 25.3. The van der Waals surface area contributed by atoms with Crippen LogP contribution in [0.15, 0.2) is 35.2 Å². The first-order chi connectivity index (χ1) is 14.5. The van der Waals surface area contributed by atoms with E-state index in [4.69, 9.17) is 0 Å². The maximum absolute atomic E-state index is 12.5. The van der Waals surface area contributed by atoms with Crippen LogP contribution in [0.4, 0.5) is 0 Å². The number of hydrogen-bond donors (Lipinski definition) is 2. The number of carbonyl (C=O) groups excluding carboxylic acids is 2. The van der Waals surface area contributed by atoms with Crippen LogP contribution in [-0.2, 0) is 19.6 Å². The Labute approximate surface area is 186 Å². The lowest BCUT2D eigenvalue weighted by Crippen LogP contribution is -2.46. The number of piperidine rings is 1. The van der Waals surface area contributed by atoms with Crippen LogP contribution in [0.5, 0.6) is 0 Å². The molecule has 1 aromatic carbocycles. The van der Waals surface area contributed by atoms with Gasteiger partial charge in [0.2, 0.25) is 21.8 Å². The highest BCUT2D eigenvalue weighted by Crippen LogP contribution is 2.20. The van der Waals surface area contributed by atoms with Gasteiger partial charge in [-0.3, -0.25) is 9.59 Å². The van der Waals surface area contributed by atoms with Crippen LogP contribution in [0.3, 0.4) is 0 Å². The summed E-state index contributed by atoms with van der Waals surface area (Å²) in [6.45, 7) is 6.84. The zero-order valence-corrected chi connectivity index (χ0v) is 19.9. The standard InChI is InChI=1S/C22H36N4O4S/c1-22(2,17-25(3)4)16-23-21(28)18-11-14-26(15-12-18)20(27)10-13-24-31(29,30)19-8-6-5-7-9-19/h5-9,18,24H,10-17H2,1-4H3,(H,23,28). The van der Waals surface area contributed by atoms with Crippen molar-refractivity contribution in [3.05, 3.63) is 30.3 Å². The third-order valence-electron chi connectivity index (χ3n) is 5.39. The fourth-order valence-corrected chi connectivity index (χ4v) is 4.96. The van der Waals surface area contributed by atoms with Gasteiger partial charge in [-0.05, 0) is 44.5 Å². The van der Waals surface area contributed by atoms with E-state index in [1.165, 1.54) is 12.1 Å². The highest BCUT2D eigenvalue weighted by molar-refractivity contribution is 7.89. The predicted molar refractivity (Wildman–Crippen MR) is 121 cm³/mol. The Balaban J connectivity index is 1.72. The van der Waals surface area contributed by atoms with Crippen LogP contribution in [0.2, 0.25) is 0 Å². The molecule has 8 nitrogen and oxygen atoms in total. The van der Waals surface area contributed by atoms with Gasteiger partial charge in [0.05, 0.1) is 4.90 Å². The Morgan fingerprint density at radius 1 is 1.13 bits per heavy atom. The van der Waals surface area contributed by atoms with Crippen LogP contribution >= 0.6 is 0 Å². The fourth-order valence-electron chi connectivity index (χ4n) is 3.91. The van der Waals surface area contributed by atoms with E-state index in [2.05, 4.69) is 28.8 Å². The Kier molecular flexibility index (Phi) is 9.02. The molecule has 0 saturated carbocycles. The average Bonchev–Trinajstić information content (AvgIpc) is 2.71. The topological polar surface area (TPSA) is 98.8 Å². The molecule has 1 saturated heterocycles. The first-order valence-electron chi connectivity index (χ1n) is 10.8. The SMILES string of the molecule is CN(C)CC(C)(C)CNC(=O)C1CCN(C(=O)CCNS(=O)(=O)c2ccccc2)CC1. The summed E-state index contributed by atoms with van der Waals surface area (Å²) in [6, 6.07) is 8.09. The number of amides is 2. The van der Waals surface area contributed by atoms with E-state index in [-0.39, 0.29) is 41.0 Å². The van der Waals surface area contributed by atoms with Gasteiger partial charge in [-0.15, -0.1) is 0 Å². The Morgan fingerprint density at radius 2 is 1.74 bits per heavy atom. The number of hydrogen-bond acceptors (Lipinski definition) is 5. The molecule has 1 aliphatic heterocycles. The molecule has 9 heteroatoms. The van der Waals surface area contributed by atoms with Gasteiger partial charge in [-0.25, -0.2) is 13.1 Å². The van der Waals surface area contributed by atoms with E-state index in [1.54, 1.807) is 23.1 Å². The van der Waals surface area contributed by atoms with Crippen molar-refractivity contribution in [2.75, 3.05) is 46.8 Å². The molecular weight excluding hydrogens is 416 g/mol. The highest BCUT2D eigenvalue weighted by Gasteiger charge is 2.28. The van der Waals surface area contributed by atoms with E-state index >= 15 is 0 Å². The van der Waals surface area contributed by atoms with Gasteiger partial charge >= 0.3 is 0 Å². The van der Waals surface area contributed by atoms with Crippen molar-refractivity contribution in [2.24, 2.45) is 11.3 Å². The minimum absolute atomic E-state index is 0.0110. The molecule has 1 fully saturated rings. The zero-order chi connectivity index (χ0) is 23.1. The number of nitrogens with one attached hydrogen (secondary N) is 2. The van der Waals surface area contributed by atoms with Crippen molar-refractivity contribution in [3.8, 4) is 0 Å². The smallest absolute Gasteiger partial charge is 0.240 e. The molecule has 0 bridgehead atoms. The molecule has 0 spiro atoms. The molecule has 2 amide bonds. The summed E-state index contributed by atoms with van der Waals surface area (Å²) in [6.07, 6.45) is 1.35. The van der Waals surface area contributed by atoms with Gasteiger partial charge < -0.3 is 15.1 Å². The van der Waals surface area contributed by atoms with Gasteiger partial charge in [0.1, 0.15) is 0 Å². The summed E-state index contributed by atoms with van der Waals surface area (Å²) >= 11 is 0. The number of carbonyl (C=O) groups is 2. The third-order valence-corrected chi connectivity index (χ3v) is 6.87. The molecule has 1 heterocycles. The van der Waals surface area contributed by atoms with Crippen molar-refractivity contribution in [2.45, 2.75) is 38.0 Å². The molecule has 174 valence electrons. The summed E-state index contributed by atoms with van der Waals surface area (Å²) < 4.78 is 26.9. The molecule has 31 heavy (non-hydrogen) atoms. The third kappa shape index (κ3) is 8.23. The van der Waals surface area contributed by atoms with Gasteiger partial charge in [0, 0.05) is 45.1 Å². The number of sulfonamides is 1. The minimum atomic E-state index is -3.61. The molecule has 0 atom stereocenters. The number of benzene rings is 1. The van der Waals surface area contributed by atoms with Gasteiger partial charge in [0.15, 0.2) is 0 Å². The molecule has 1 aliphatic rings. The molecule has 0 aromatic heterocycles. The minimum Gasteiger partial charge on any atom is -0.355 e. The Morgan fingerprint density at radius 3 is 2.32 bits per heavy atom. The largest absolute Gasteiger partial charge is 0.355 e. The lowest BCUT2D eigenvalue weighted by atomic mass is 9.91. The summed E-state index contributed by atoms with van der Waals surface area (Å²) in [7, 11) is 0.424. The van der Waals surface area contributed by atoms with E-state index in [0.29, 0.717) is 32.5 Å². The zero-order valence-electron chi connectivity index (χ0n) is 19.1. The normalized spacial score (nSPS) is 15.8. The molecule has 1 aromatic rings. The summed E-state index contributed by atoms with van der Waals surface area (Å²) in [5.41, 5.74) is -0.0110. The molecule has 0 radical (unpaired) electrons. The summed E-state index contributed by atoms with van der Waals surface area (Å²) in [4.78, 5) is 29.0. The average molecular weight is 453 g/mol. The Hall–Kier alpha value is -1.97. The lowest BCUT2D eigenvalue weighted by Gasteiger charge is -2.33. The first-order valence-corrected chi connectivity index (χ1v) is 12.2. The van der Waals surface area contributed by atoms with Gasteiger partial charge in [-0.2, -0.15) is 0 Å². The van der Waals surface area contributed by atoms with Crippen LogP contribution in [0.1, 0.15) is 33.1 Å². The van der Waals surface area contributed by atoms with E-state index in [1.807, 2.05) is 14.1 Å². The monoisotopic (exact) mass is 452 g/mol. The second kappa shape index (κ2) is 11.1. The van der Waals surface area contributed by atoms with Gasteiger partial charge in [0.25, 0.3) is 0 Å². The lowest BCUT2D eigenvalue weighted by molar-refractivity contribution is -0.135. The van der Waals surface area contributed by atoms with Crippen LogP contribution in [0.25, 0.3) is 0 Å². The van der Waals surface area contributed by atoms with Crippen molar-refractivity contribution >= 4 is 21.8 Å². The Bertz CT molecular complexity index is 832. The number of nitrogens with zero attached hydrogens (tertiary/aromatic N) is 2. The number of likely N-dealkylation sites (tertiary alicyclic amines) is 1. The van der Waals surface area contributed by atoms with Crippen molar-refractivity contribution in [3.63, 3.8) is 0 Å². The maximum Gasteiger partial charge on any atom is 0.240 e. The van der Waals surface area contributed by atoms with Crippen LogP contribution in [-0.4, -0.2) is 76.9 Å². The number of rotatable bonds is 10. The molecular formula is C22H36N4O4S. The quantitative estimate of drug-likeness (QED) is 0.558. The molecule has 0 unspecified atom stereocenters. The van der Waals surface area contributed by atoms with Crippen molar-refractivity contribution in [1.82, 2.24) is 19.8 Å². The van der Waals surface area contributed by atoms with Crippen LogP contribution < -0.4 is 10.0 Å². The summed E-state index contributed by atoms with van der Waals surface area (Å²) in [5.74, 6) is -0.132. The summed E-state index contributed by atoms with van der Waals surface area (Å²) in [5, 5.41) is 3.06. The van der Waals surface area contributed by atoms with E-state index < -0.39 is 10.0 Å². The van der Waals surface area contributed by atoms with E-state index in [9.17, 15) is 18.0 Å². The second-order valence-electron chi connectivity index (χ2n) is 9.24. The molecule has 2 rings (SSSR count). The van der Waals surface area contributed by atoms with E-state index in [0.717, 1.165) is 6.54 Å². The predicted octanol–water partition coefficient (Wildman–Crippen LogP) is 1.30. The molecule has 2 N–H and O–H groups in total. The van der Waals surface area contributed by atoms with Crippen LogP contribution in [0, 0.1) is 11.3 Å². The van der Waals surface area contributed by atoms with Gasteiger partial charge in [-0.1, -0.05) is 32.0 Å². The van der Waals surface area contributed by atoms with Crippen molar-refractivity contribution in [1.29, 1.82) is 0 Å². The highest BCUT2D eigenvalue weighted by atomic mass is 32.2. The maximum atomic E-state index is 12.5. The fraction of sp³-hybridized carbons (Fsp3) is 0.636. The second-order valence-corrected chi connectivity index (χ2v) is 11.0.